The van der Waals surface area contributed by atoms with Gasteiger partial charge in [-0.15, -0.1) is 0 Å². The Hall–Kier alpha value is -3.42. The topological polar surface area (TPSA) is 134 Å². The van der Waals surface area contributed by atoms with Crippen molar-refractivity contribution in [2.24, 2.45) is 0 Å². The van der Waals surface area contributed by atoms with E-state index >= 15 is 0 Å². The van der Waals surface area contributed by atoms with Gasteiger partial charge in [0.05, 0.1) is 16.1 Å². The van der Waals surface area contributed by atoms with Crippen molar-refractivity contribution >= 4 is 39.4 Å². The van der Waals surface area contributed by atoms with Gasteiger partial charge in [-0.2, -0.15) is 0 Å². The van der Waals surface area contributed by atoms with Crippen LogP contribution in [0.25, 0.3) is 21.8 Å². The Morgan fingerprint density at radius 1 is 1.00 bits per heavy atom. The largest absolute Gasteiger partial charge is 0.478 e. The molecule has 3 aromatic rings. The van der Waals surface area contributed by atoms with Crippen molar-refractivity contribution < 1.29 is 24.7 Å². The number of nitro groups is 1. The number of benzene rings is 2. The molecule has 1 aromatic heterocycles. The number of hydrogen-bond acceptors (Lipinski definition) is 4. The van der Waals surface area contributed by atoms with E-state index in [1.165, 1.54) is 24.3 Å². The van der Waals surface area contributed by atoms with Crippen LogP contribution in [0.3, 0.4) is 0 Å². The summed E-state index contributed by atoms with van der Waals surface area (Å²) in [5.41, 5.74) is 0.0544. The molecule has 0 spiro atoms. The summed E-state index contributed by atoms with van der Waals surface area (Å²) in [4.78, 5) is 35.5. The molecule has 0 fully saturated rings. The Balaban J connectivity index is 2.47. The first-order valence-corrected chi connectivity index (χ1v) is 6.09. The number of carbonyl (C=O) groups is 2. The standard InChI is InChI=1S/C14H8N2O6/c17-13(18)6-1-2-10-8(3-6)9-4-7(14(19)20)5-11(16(21)22)12(9)15-10/h1-5,15H,(H,17,18)(H,19,20). The maximum absolute atomic E-state index is 11.1. The normalized spacial score (nSPS) is 10.9. The first-order valence-electron chi connectivity index (χ1n) is 6.09. The van der Waals surface area contributed by atoms with Crippen LogP contribution in [0, 0.1) is 10.1 Å². The number of aromatic nitrogens is 1. The minimum Gasteiger partial charge on any atom is -0.478 e. The van der Waals surface area contributed by atoms with E-state index in [1.807, 2.05) is 0 Å². The molecule has 0 amide bonds. The number of rotatable bonds is 3. The summed E-state index contributed by atoms with van der Waals surface area (Å²) >= 11 is 0. The molecule has 0 atom stereocenters. The van der Waals surface area contributed by atoms with Gasteiger partial charge in [-0.05, 0) is 24.3 Å². The minimum atomic E-state index is -1.30. The van der Waals surface area contributed by atoms with E-state index in [4.69, 9.17) is 10.2 Å². The average Bonchev–Trinajstić information content (AvgIpc) is 2.83. The molecule has 3 N–H and O–H groups in total. The number of nitro benzene ring substituents is 1. The predicted octanol–water partition coefficient (Wildman–Crippen LogP) is 2.63. The zero-order valence-electron chi connectivity index (χ0n) is 10.9. The number of nitrogens with one attached hydrogen (secondary N) is 1. The maximum Gasteiger partial charge on any atom is 0.335 e. The highest BCUT2D eigenvalue weighted by Crippen LogP contribution is 2.33. The van der Waals surface area contributed by atoms with Crippen LogP contribution in [0.15, 0.2) is 30.3 Å². The van der Waals surface area contributed by atoms with Gasteiger partial charge in [-0.3, -0.25) is 10.1 Å². The molecule has 22 heavy (non-hydrogen) atoms. The Labute approximate surface area is 121 Å². The number of non-ortho nitro benzene ring substituents is 1. The van der Waals surface area contributed by atoms with Crippen LogP contribution in [0.1, 0.15) is 20.7 Å². The molecule has 0 bridgehead atoms. The molecule has 8 nitrogen and oxygen atoms in total. The molecule has 0 saturated carbocycles. The third-order valence-corrected chi connectivity index (χ3v) is 3.38. The fraction of sp³-hybridized carbons (Fsp3) is 0. The highest BCUT2D eigenvalue weighted by atomic mass is 16.6. The van der Waals surface area contributed by atoms with Crippen molar-refractivity contribution in [1.82, 2.24) is 4.98 Å². The number of carboxylic acid groups (broad SMARTS) is 2. The SMILES string of the molecule is O=C(O)c1ccc2[nH]c3c([N+](=O)[O-])cc(C(=O)O)cc3c2c1. The van der Waals surface area contributed by atoms with Crippen molar-refractivity contribution in [3.63, 3.8) is 0 Å². The van der Waals surface area contributed by atoms with Crippen LogP contribution in [-0.2, 0) is 0 Å². The van der Waals surface area contributed by atoms with E-state index in [0.717, 1.165) is 6.07 Å². The lowest BCUT2D eigenvalue weighted by Gasteiger charge is -1.98. The lowest BCUT2D eigenvalue weighted by Crippen LogP contribution is -1.98. The zero-order valence-corrected chi connectivity index (χ0v) is 10.9. The molecule has 0 aliphatic rings. The van der Waals surface area contributed by atoms with Gasteiger partial charge < -0.3 is 15.2 Å². The molecule has 3 rings (SSSR count). The number of aromatic amines is 1. The second-order valence-corrected chi connectivity index (χ2v) is 4.67. The summed E-state index contributed by atoms with van der Waals surface area (Å²) in [5.74, 6) is -2.44. The molecule has 0 aliphatic heterocycles. The number of aromatic carboxylic acids is 2. The summed E-state index contributed by atoms with van der Waals surface area (Å²) in [5, 5.41) is 30.0. The maximum atomic E-state index is 11.1. The van der Waals surface area contributed by atoms with Crippen LogP contribution < -0.4 is 0 Å². The molecule has 0 saturated heterocycles. The van der Waals surface area contributed by atoms with E-state index in [1.54, 1.807) is 0 Å². The average molecular weight is 300 g/mol. The van der Waals surface area contributed by atoms with Gasteiger partial charge in [0.2, 0.25) is 0 Å². The van der Waals surface area contributed by atoms with Gasteiger partial charge in [0.1, 0.15) is 5.52 Å². The second kappa shape index (κ2) is 4.55. The Bertz CT molecular complexity index is 972. The molecule has 0 unspecified atom stereocenters. The third kappa shape index (κ3) is 1.94. The second-order valence-electron chi connectivity index (χ2n) is 4.67. The van der Waals surface area contributed by atoms with Gasteiger partial charge >= 0.3 is 11.9 Å². The predicted molar refractivity (Wildman–Crippen MR) is 76.4 cm³/mol. The number of carboxylic acids is 2. The number of fused-ring (bicyclic) bond motifs is 3. The van der Waals surface area contributed by atoms with Crippen LogP contribution >= 0.6 is 0 Å². The first kappa shape index (κ1) is 13.6. The number of nitrogens with zero attached hydrogens (tertiary/aromatic N) is 1. The molecular weight excluding hydrogens is 292 g/mol. The fourth-order valence-electron chi connectivity index (χ4n) is 2.38. The molecule has 0 aliphatic carbocycles. The molecular formula is C14H8N2O6. The van der Waals surface area contributed by atoms with Crippen LogP contribution in [0.2, 0.25) is 0 Å². The highest BCUT2D eigenvalue weighted by molar-refractivity contribution is 6.13. The molecule has 2 aromatic carbocycles. The van der Waals surface area contributed by atoms with Gasteiger partial charge in [-0.25, -0.2) is 9.59 Å². The summed E-state index contributed by atoms with van der Waals surface area (Å²) in [7, 11) is 0. The molecule has 0 radical (unpaired) electrons. The van der Waals surface area contributed by atoms with Crippen molar-refractivity contribution in [2.75, 3.05) is 0 Å². The summed E-state index contributed by atoms with van der Waals surface area (Å²) in [6, 6.07) is 6.46. The van der Waals surface area contributed by atoms with Crippen LogP contribution in [0.4, 0.5) is 5.69 Å². The van der Waals surface area contributed by atoms with Crippen LogP contribution in [-0.4, -0.2) is 32.1 Å². The van der Waals surface area contributed by atoms with E-state index < -0.39 is 16.9 Å². The number of H-pyrrole nitrogens is 1. The van der Waals surface area contributed by atoms with Gasteiger partial charge in [0, 0.05) is 22.4 Å². The zero-order chi connectivity index (χ0) is 16.0. The van der Waals surface area contributed by atoms with Crippen molar-refractivity contribution in [1.29, 1.82) is 0 Å². The van der Waals surface area contributed by atoms with E-state index in [9.17, 15) is 19.7 Å². The first-order chi connectivity index (χ1) is 10.4. The highest BCUT2D eigenvalue weighted by Gasteiger charge is 2.20. The monoisotopic (exact) mass is 300 g/mol. The van der Waals surface area contributed by atoms with E-state index in [0.29, 0.717) is 16.3 Å². The van der Waals surface area contributed by atoms with Gasteiger partial charge in [-0.1, -0.05) is 0 Å². The van der Waals surface area contributed by atoms with Crippen molar-refractivity contribution in [3.05, 3.63) is 51.6 Å². The fourth-order valence-corrected chi connectivity index (χ4v) is 2.38. The van der Waals surface area contributed by atoms with E-state index in [2.05, 4.69) is 4.98 Å². The Morgan fingerprint density at radius 3 is 2.23 bits per heavy atom. The van der Waals surface area contributed by atoms with E-state index in [-0.39, 0.29) is 22.3 Å². The summed E-state index contributed by atoms with van der Waals surface area (Å²) < 4.78 is 0. The van der Waals surface area contributed by atoms with Crippen LogP contribution in [0.5, 0.6) is 0 Å². The summed E-state index contributed by atoms with van der Waals surface area (Å²) in [6.45, 7) is 0. The van der Waals surface area contributed by atoms with Crippen molar-refractivity contribution in [3.8, 4) is 0 Å². The summed E-state index contributed by atoms with van der Waals surface area (Å²) in [6.07, 6.45) is 0. The van der Waals surface area contributed by atoms with Gasteiger partial charge in [0.15, 0.2) is 0 Å². The lowest BCUT2D eigenvalue weighted by atomic mass is 10.1. The van der Waals surface area contributed by atoms with Gasteiger partial charge in [0.25, 0.3) is 5.69 Å². The molecule has 1 heterocycles. The molecule has 110 valence electrons. The van der Waals surface area contributed by atoms with Crippen molar-refractivity contribution in [2.45, 2.75) is 0 Å². The lowest BCUT2D eigenvalue weighted by molar-refractivity contribution is -0.383. The smallest absolute Gasteiger partial charge is 0.335 e. The Kier molecular flexibility index (Phi) is 2.81. The quantitative estimate of drug-likeness (QED) is 0.503. The Morgan fingerprint density at radius 2 is 1.64 bits per heavy atom. The third-order valence-electron chi connectivity index (χ3n) is 3.38. The molecule has 8 heteroatoms. The number of hydrogen-bond donors (Lipinski definition) is 3. The minimum absolute atomic E-state index is 0.0109.